The van der Waals surface area contributed by atoms with Crippen LogP contribution < -0.4 is 10.6 Å². The molecule has 2 aromatic heterocycles. The molecule has 14 heteroatoms. The van der Waals surface area contributed by atoms with Gasteiger partial charge in [-0.25, -0.2) is 13.8 Å². The molecule has 0 radical (unpaired) electrons. The third kappa shape index (κ3) is 7.53. The van der Waals surface area contributed by atoms with Gasteiger partial charge < -0.3 is 10.6 Å². The first-order valence-electron chi connectivity index (χ1n) is 12.1. The van der Waals surface area contributed by atoms with Crippen LogP contribution >= 0.6 is 11.5 Å². The molecular weight excluding hydrogens is 543 g/mol. The van der Waals surface area contributed by atoms with E-state index in [0.29, 0.717) is 53.9 Å². The summed E-state index contributed by atoms with van der Waals surface area (Å²) < 4.78 is 68.2. The lowest BCUT2D eigenvalue weighted by atomic mass is 10.0. The van der Waals surface area contributed by atoms with E-state index in [4.69, 9.17) is 0 Å². The molecule has 1 fully saturated rings. The van der Waals surface area contributed by atoms with E-state index in [2.05, 4.69) is 25.0 Å². The van der Waals surface area contributed by atoms with Crippen molar-refractivity contribution in [3.63, 3.8) is 0 Å². The van der Waals surface area contributed by atoms with Gasteiger partial charge in [0.15, 0.2) is 5.69 Å². The van der Waals surface area contributed by atoms with Crippen LogP contribution in [-0.2, 0) is 12.6 Å². The molecule has 0 atom stereocenters. The minimum absolute atomic E-state index is 0.0502. The molecule has 0 spiro atoms. The zero-order valence-electron chi connectivity index (χ0n) is 20.8. The zero-order chi connectivity index (χ0) is 28.2. The maximum absolute atomic E-state index is 13.0. The molecule has 1 saturated heterocycles. The third-order valence-electron chi connectivity index (χ3n) is 6.20. The summed E-state index contributed by atoms with van der Waals surface area (Å²) in [7, 11) is 0. The highest BCUT2D eigenvalue weighted by Crippen LogP contribution is 2.28. The summed E-state index contributed by atoms with van der Waals surface area (Å²) in [6, 6.07) is 6.11. The van der Waals surface area contributed by atoms with Crippen LogP contribution in [0.1, 0.15) is 55.5 Å². The Morgan fingerprint density at radius 2 is 1.79 bits per heavy atom. The fraction of sp³-hybridized carbons (Fsp3) is 0.400. The first-order valence-corrected chi connectivity index (χ1v) is 12.8. The number of rotatable bonds is 8. The number of halogens is 5. The molecule has 208 valence electrons. The molecule has 2 N–H and O–H groups in total. The molecule has 2 amide bonds. The fourth-order valence-corrected chi connectivity index (χ4v) is 5.13. The molecule has 39 heavy (non-hydrogen) atoms. The molecular formula is C25H25F5N6O2S. The summed E-state index contributed by atoms with van der Waals surface area (Å²) in [6.45, 7) is 2.33. The van der Waals surface area contributed by atoms with Gasteiger partial charge in [0.25, 0.3) is 18.2 Å². The van der Waals surface area contributed by atoms with Gasteiger partial charge in [-0.2, -0.15) is 17.5 Å². The number of hydrogen-bond donors (Lipinski definition) is 2. The molecule has 8 nitrogen and oxygen atoms in total. The number of carbonyl (C=O) groups is 2. The lowest BCUT2D eigenvalue weighted by molar-refractivity contribution is -0.141. The van der Waals surface area contributed by atoms with E-state index in [1.54, 1.807) is 36.1 Å². The summed E-state index contributed by atoms with van der Waals surface area (Å²) in [5, 5.41) is 5.64. The lowest BCUT2D eigenvalue weighted by Gasteiger charge is -2.32. The number of carbonyl (C=O) groups excluding carboxylic acids is 2. The molecule has 4 rings (SSSR count). The monoisotopic (exact) mass is 568 g/mol. The van der Waals surface area contributed by atoms with Crippen LogP contribution in [0.3, 0.4) is 0 Å². The average molecular weight is 569 g/mol. The van der Waals surface area contributed by atoms with Crippen molar-refractivity contribution >= 4 is 29.0 Å². The number of likely N-dealkylation sites (tertiary alicyclic amines) is 1. The molecule has 1 aromatic carbocycles. The van der Waals surface area contributed by atoms with Crippen molar-refractivity contribution in [3.05, 3.63) is 69.7 Å². The van der Waals surface area contributed by atoms with Gasteiger partial charge in [-0.15, -0.1) is 0 Å². The van der Waals surface area contributed by atoms with Crippen LogP contribution in [-0.4, -0.2) is 63.2 Å². The largest absolute Gasteiger partial charge is 0.434 e. The summed E-state index contributed by atoms with van der Waals surface area (Å²) in [5.74, 6) is -0.800. The normalized spacial score (nSPS) is 14.9. The third-order valence-corrected chi connectivity index (χ3v) is 7.13. The van der Waals surface area contributed by atoms with Crippen molar-refractivity contribution in [1.82, 2.24) is 24.6 Å². The molecule has 3 heterocycles. The number of alkyl halides is 5. The Labute approximate surface area is 224 Å². The van der Waals surface area contributed by atoms with E-state index in [9.17, 15) is 31.5 Å². The van der Waals surface area contributed by atoms with Gasteiger partial charge in [0.05, 0.1) is 29.7 Å². The summed E-state index contributed by atoms with van der Waals surface area (Å²) in [4.78, 5) is 35.0. The van der Waals surface area contributed by atoms with E-state index in [1.165, 1.54) is 6.20 Å². The minimum atomic E-state index is -4.63. The smallest absolute Gasteiger partial charge is 0.349 e. The van der Waals surface area contributed by atoms with Crippen molar-refractivity contribution in [3.8, 4) is 0 Å². The van der Waals surface area contributed by atoms with Crippen molar-refractivity contribution < 1.29 is 31.5 Å². The van der Waals surface area contributed by atoms with Crippen LogP contribution in [0.4, 0.5) is 27.6 Å². The minimum Gasteiger partial charge on any atom is -0.349 e. The second-order valence-corrected chi connectivity index (χ2v) is 9.97. The molecule has 1 aliphatic rings. The van der Waals surface area contributed by atoms with Gasteiger partial charge >= 0.3 is 6.18 Å². The highest BCUT2D eigenvalue weighted by Gasteiger charge is 2.33. The Morgan fingerprint density at radius 3 is 2.44 bits per heavy atom. The number of amides is 2. The molecule has 0 aliphatic carbocycles. The highest BCUT2D eigenvalue weighted by molar-refractivity contribution is 7.06. The number of hydrogen-bond acceptors (Lipinski definition) is 7. The van der Waals surface area contributed by atoms with Gasteiger partial charge in [0, 0.05) is 47.9 Å². The fourth-order valence-electron chi connectivity index (χ4n) is 4.24. The predicted molar refractivity (Wildman–Crippen MR) is 134 cm³/mol. The second kappa shape index (κ2) is 12.1. The summed E-state index contributed by atoms with van der Waals surface area (Å²) in [5.41, 5.74) is 0.376. The number of piperidine rings is 1. The Hall–Kier alpha value is -3.52. The van der Waals surface area contributed by atoms with Crippen molar-refractivity contribution in [2.45, 2.75) is 44.8 Å². The van der Waals surface area contributed by atoms with E-state index in [1.807, 2.05) is 0 Å². The van der Waals surface area contributed by atoms with Gasteiger partial charge in [-0.1, -0.05) is 0 Å². The van der Waals surface area contributed by atoms with E-state index >= 15 is 0 Å². The van der Waals surface area contributed by atoms with Crippen LogP contribution in [0.25, 0.3) is 0 Å². The molecule has 0 bridgehead atoms. The lowest BCUT2D eigenvalue weighted by Crippen LogP contribution is -2.45. The zero-order valence-corrected chi connectivity index (χ0v) is 21.6. The average Bonchev–Trinajstić information content (AvgIpc) is 3.24. The van der Waals surface area contributed by atoms with Crippen molar-refractivity contribution in [1.29, 1.82) is 0 Å². The summed E-state index contributed by atoms with van der Waals surface area (Å²) >= 11 is 0.996. The molecule has 1 aliphatic heterocycles. The van der Waals surface area contributed by atoms with Gasteiger partial charge in [-0.3, -0.25) is 19.5 Å². The molecule has 3 aromatic rings. The van der Waals surface area contributed by atoms with Crippen LogP contribution in [0, 0.1) is 6.92 Å². The predicted octanol–water partition coefficient (Wildman–Crippen LogP) is 4.56. The Kier molecular flexibility index (Phi) is 8.85. The van der Waals surface area contributed by atoms with Crippen LogP contribution in [0.5, 0.6) is 0 Å². The van der Waals surface area contributed by atoms with Crippen molar-refractivity contribution in [2.75, 3.05) is 25.0 Å². The first-order chi connectivity index (χ1) is 18.5. The van der Waals surface area contributed by atoms with Crippen molar-refractivity contribution in [2.24, 2.45) is 0 Å². The van der Waals surface area contributed by atoms with Crippen LogP contribution in [0.15, 0.2) is 36.7 Å². The summed E-state index contributed by atoms with van der Waals surface area (Å²) in [6.07, 6.45) is -4.06. The molecule has 0 saturated carbocycles. The first kappa shape index (κ1) is 28.5. The molecule has 0 unspecified atom stereocenters. The number of aromatic nitrogens is 3. The van der Waals surface area contributed by atoms with E-state index < -0.39 is 24.2 Å². The van der Waals surface area contributed by atoms with Gasteiger partial charge in [0.2, 0.25) is 0 Å². The number of nitrogens with one attached hydrogen (secondary N) is 2. The number of nitrogens with zero attached hydrogens (tertiary/aromatic N) is 4. The van der Waals surface area contributed by atoms with E-state index in [-0.39, 0.29) is 36.2 Å². The Morgan fingerprint density at radius 1 is 1.10 bits per heavy atom. The SMILES string of the molecule is Cc1nsc(Cc2cncc(C(F)(F)F)n2)c1C(=O)Nc1ccc(C(=O)NC2CCN(CC(F)F)CC2)cc1. The van der Waals surface area contributed by atoms with Gasteiger partial charge in [-0.05, 0) is 55.6 Å². The number of benzene rings is 1. The number of aryl methyl sites for hydroxylation is 1. The maximum atomic E-state index is 13.0. The Balaban J connectivity index is 1.36. The Bertz CT molecular complexity index is 1310. The van der Waals surface area contributed by atoms with Gasteiger partial charge in [0.1, 0.15) is 0 Å². The topological polar surface area (TPSA) is 100 Å². The maximum Gasteiger partial charge on any atom is 0.434 e. The second-order valence-electron chi connectivity index (χ2n) is 9.11. The van der Waals surface area contributed by atoms with E-state index in [0.717, 1.165) is 11.5 Å². The quantitative estimate of drug-likeness (QED) is 0.387. The standard InChI is InChI=1S/C25H25F5N6O2S/c1-14-22(19(39-35-14)10-18-11-31-12-20(32-18)25(28,29)30)24(38)34-16-4-2-15(3-5-16)23(37)33-17-6-8-36(9-7-17)13-21(26)27/h2-5,11-12,17,21H,6-10,13H2,1H3,(H,33,37)(H,34,38). The highest BCUT2D eigenvalue weighted by atomic mass is 32.1. The van der Waals surface area contributed by atoms with Crippen LogP contribution in [0.2, 0.25) is 0 Å². The number of anilines is 1.